The van der Waals surface area contributed by atoms with Crippen LogP contribution in [0.5, 0.6) is 5.75 Å². The van der Waals surface area contributed by atoms with E-state index in [2.05, 4.69) is 26.0 Å². The Morgan fingerprint density at radius 1 is 1.31 bits per heavy atom. The third-order valence-corrected chi connectivity index (χ3v) is 3.30. The summed E-state index contributed by atoms with van der Waals surface area (Å²) in [5, 5.41) is 0. The van der Waals surface area contributed by atoms with E-state index in [-0.39, 0.29) is 0 Å². The predicted molar refractivity (Wildman–Crippen MR) is 64.8 cm³/mol. The number of ether oxygens (including phenoxy) is 2. The summed E-state index contributed by atoms with van der Waals surface area (Å²) in [6.45, 7) is 4.45. The lowest BCUT2D eigenvalue weighted by molar-refractivity contribution is 0.322. The van der Waals surface area contributed by atoms with Crippen molar-refractivity contribution in [2.45, 2.75) is 38.9 Å². The molecule has 2 nitrogen and oxygen atoms in total. The van der Waals surface area contributed by atoms with Crippen LogP contribution >= 0.6 is 0 Å². The molecule has 2 heteroatoms. The van der Waals surface area contributed by atoms with Crippen molar-refractivity contribution in [2.75, 3.05) is 7.11 Å². The third kappa shape index (κ3) is 2.56. The van der Waals surface area contributed by atoms with Gasteiger partial charge in [0.05, 0.1) is 19.3 Å². The molecule has 0 aromatic heterocycles. The summed E-state index contributed by atoms with van der Waals surface area (Å²) in [4.78, 5) is 0. The second-order valence-electron chi connectivity index (χ2n) is 4.58. The molecule has 1 aromatic rings. The van der Waals surface area contributed by atoms with Gasteiger partial charge in [0, 0.05) is 0 Å². The maximum Gasteiger partial charge on any atom is 0.118 e. The molecule has 1 aliphatic rings. The number of epoxide rings is 1. The molecule has 16 heavy (non-hydrogen) atoms. The molecule has 0 spiro atoms. The van der Waals surface area contributed by atoms with Crippen LogP contribution in [0.2, 0.25) is 0 Å². The highest BCUT2D eigenvalue weighted by Crippen LogP contribution is 2.33. The van der Waals surface area contributed by atoms with Gasteiger partial charge in [-0.05, 0) is 36.5 Å². The Hall–Kier alpha value is -1.02. The van der Waals surface area contributed by atoms with E-state index in [0.717, 1.165) is 18.6 Å². The van der Waals surface area contributed by atoms with Crippen molar-refractivity contribution < 1.29 is 9.47 Å². The fourth-order valence-electron chi connectivity index (χ4n) is 2.24. The molecular weight excluding hydrogens is 200 g/mol. The Morgan fingerprint density at radius 3 is 2.50 bits per heavy atom. The van der Waals surface area contributed by atoms with E-state index < -0.39 is 0 Å². The maximum absolute atomic E-state index is 5.62. The van der Waals surface area contributed by atoms with Crippen LogP contribution < -0.4 is 4.74 Å². The Bertz CT molecular complexity index is 331. The smallest absolute Gasteiger partial charge is 0.118 e. The SMILES string of the molecule is CCC1OC1C(C)Cc1ccc(OC)cc1. The largest absolute Gasteiger partial charge is 0.497 e. The van der Waals surface area contributed by atoms with Crippen molar-refractivity contribution in [3.05, 3.63) is 29.8 Å². The first-order chi connectivity index (χ1) is 7.74. The Labute approximate surface area is 97.6 Å². The van der Waals surface area contributed by atoms with Crippen LogP contribution in [0.25, 0.3) is 0 Å². The Morgan fingerprint density at radius 2 is 2.00 bits per heavy atom. The van der Waals surface area contributed by atoms with Gasteiger partial charge in [-0.2, -0.15) is 0 Å². The van der Waals surface area contributed by atoms with Crippen LogP contribution in [0.15, 0.2) is 24.3 Å². The highest BCUT2D eigenvalue weighted by atomic mass is 16.6. The molecular formula is C14H20O2. The van der Waals surface area contributed by atoms with E-state index in [1.54, 1.807) is 7.11 Å². The minimum Gasteiger partial charge on any atom is -0.497 e. The molecule has 0 bridgehead atoms. The summed E-state index contributed by atoms with van der Waals surface area (Å²) in [5.41, 5.74) is 1.36. The molecule has 0 saturated carbocycles. The van der Waals surface area contributed by atoms with Crippen molar-refractivity contribution in [2.24, 2.45) is 5.92 Å². The van der Waals surface area contributed by atoms with E-state index in [9.17, 15) is 0 Å². The quantitative estimate of drug-likeness (QED) is 0.711. The summed E-state index contributed by atoms with van der Waals surface area (Å²) < 4.78 is 10.8. The van der Waals surface area contributed by atoms with Crippen LogP contribution in [-0.4, -0.2) is 19.3 Å². The van der Waals surface area contributed by atoms with E-state index >= 15 is 0 Å². The van der Waals surface area contributed by atoms with Crippen LogP contribution in [0.1, 0.15) is 25.8 Å². The summed E-state index contributed by atoms with van der Waals surface area (Å²) in [6.07, 6.45) is 3.21. The van der Waals surface area contributed by atoms with Crippen molar-refractivity contribution in [3.8, 4) is 5.75 Å². The van der Waals surface area contributed by atoms with Crippen molar-refractivity contribution in [1.82, 2.24) is 0 Å². The van der Waals surface area contributed by atoms with E-state index in [1.165, 1.54) is 5.56 Å². The highest BCUT2D eigenvalue weighted by Gasteiger charge is 2.40. The van der Waals surface area contributed by atoms with Crippen molar-refractivity contribution >= 4 is 0 Å². The molecule has 3 unspecified atom stereocenters. The molecule has 1 heterocycles. The molecule has 2 rings (SSSR count). The number of methoxy groups -OCH3 is 1. The molecule has 1 aromatic carbocycles. The second-order valence-corrected chi connectivity index (χ2v) is 4.58. The average Bonchev–Trinajstić information content (AvgIpc) is 3.09. The molecule has 0 aliphatic carbocycles. The van der Waals surface area contributed by atoms with Crippen molar-refractivity contribution in [3.63, 3.8) is 0 Å². The summed E-state index contributed by atoms with van der Waals surface area (Å²) in [7, 11) is 1.70. The van der Waals surface area contributed by atoms with E-state index in [4.69, 9.17) is 9.47 Å². The normalized spacial score (nSPS) is 25.2. The minimum atomic E-state index is 0.479. The Kier molecular flexibility index (Phi) is 3.49. The van der Waals surface area contributed by atoms with Gasteiger partial charge < -0.3 is 9.47 Å². The molecule has 1 saturated heterocycles. The summed E-state index contributed by atoms with van der Waals surface area (Å²) >= 11 is 0. The average molecular weight is 220 g/mol. The zero-order valence-corrected chi connectivity index (χ0v) is 10.3. The highest BCUT2D eigenvalue weighted by molar-refractivity contribution is 5.27. The number of benzene rings is 1. The predicted octanol–water partition coefficient (Wildman–Crippen LogP) is 3.05. The van der Waals surface area contributed by atoms with Crippen LogP contribution in [-0.2, 0) is 11.2 Å². The second kappa shape index (κ2) is 4.88. The van der Waals surface area contributed by atoms with Crippen LogP contribution in [0.3, 0.4) is 0 Å². The molecule has 0 radical (unpaired) electrons. The first-order valence-corrected chi connectivity index (χ1v) is 6.03. The lowest BCUT2D eigenvalue weighted by Crippen LogP contribution is -2.09. The number of hydrogen-bond donors (Lipinski definition) is 0. The lowest BCUT2D eigenvalue weighted by atomic mass is 9.96. The van der Waals surface area contributed by atoms with Gasteiger partial charge in [0.15, 0.2) is 0 Å². The number of hydrogen-bond acceptors (Lipinski definition) is 2. The molecule has 1 fully saturated rings. The minimum absolute atomic E-state index is 0.479. The zero-order valence-electron chi connectivity index (χ0n) is 10.3. The topological polar surface area (TPSA) is 21.8 Å². The molecule has 0 amide bonds. The molecule has 1 aliphatic heterocycles. The van der Waals surface area contributed by atoms with Crippen LogP contribution in [0, 0.1) is 5.92 Å². The van der Waals surface area contributed by atoms with Gasteiger partial charge in [-0.3, -0.25) is 0 Å². The lowest BCUT2D eigenvalue weighted by Gasteiger charge is -2.09. The molecule has 3 atom stereocenters. The van der Waals surface area contributed by atoms with Gasteiger partial charge in [0.2, 0.25) is 0 Å². The van der Waals surface area contributed by atoms with Gasteiger partial charge in [-0.1, -0.05) is 26.0 Å². The van der Waals surface area contributed by atoms with Crippen LogP contribution in [0.4, 0.5) is 0 Å². The fraction of sp³-hybridized carbons (Fsp3) is 0.571. The van der Waals surface area contributed by atoms with E-state index in [0.29, 0.717) is 18.1 Å². The van der Waals surface area contributed by atoms with E-state index in [1.807, 2.05) is 12.1 Å². The zero-order chi connectivity index (χ0) is 11.5. The molecule has 88 valence electrons. The standard InChI is InChI=1S/C14H20O2/c1-4-13-14(16-13)10(2)9-11-5-7-12(15-3)8-6-11/h5-8,10,13-14H,4,9H2,1-3H3. The Balaban J connectivity index is 1.88. The van der Waals surface area contributed by atoms with Gasteiger partial charge in [-0.15, -0.1) is 0 Å². The fourth-order valence-corrected chi connectivity index (χ4v) is 2.24. The third-order valence-electron chi connectivity index (χ3n) is 3.30. The van der Waals surface area contributed by atoms with Gasteiger partial charge >= 0.3 is 0 Å². The first-order valence-electron chi connectivity index (χ1n) is 6.03. The maximum atomic E-state index is 5.62. The van der Waals surface area contributed by atoms with Gasteiger partial charge in [0.25, 0.3) is 0 Å². The molecule has 0 N–H and O–H groups in total. The summed E-state index contributed by atoms with van der Waals surface area (Å²) in [5.74, 6) is 1.53. The van der Waals surface area contributed by atoms with Gasteiger partial charge in [0.1, 0.15) is 5.75 Å². The first kappa shape index (κ1) is 11.5. The number of rotatable bonds is 5. The van der Waals surface area contributed by atoms with Crippen molar-refractivity contribution in [1.29, 1.82) is 0 Å². The monoisotopic (exact) mass is 220 g/mol. The van der Waals surface area contributed by atoms with Gasteiger partial charge in [-0.25, -0.2) is 0 Å². The summed E-state index contributed by atoms with van der Waals surface area (Å²) in [6, 6.07) is 8.32.